The number of carbonyl (C=O) groups is 1. The maximum atomic E-state index is 11.6. The van der Waals surface area contributed by atoms with Crippen LogP contribution in [-0.4, -0.2) is 38.7 Å². The first kappa shape index (κ1) is 23.5. The molecule has 0 aromatic rings. The van der Waals surface area contributed by atoms with E-state index < -0.39 is 20.2 Å². The van der Waals surface area contributed by atoms with Gasteiger partial charge in [0.2, 0.25) is 0 Å². The Bertz CT molecular complexity index is 465. The van der Waals surface area contributed by atoms with Crippen molar-refractivity contribution < 1.29 is 18.7 Å². The fourth-order valence-electron chi connectivity index (χ4n) is 2.87. The summed E-state index contributed by atoms with van der Waals surface area (Å²) in [6.07, 6.45) is 9.70. The van der Waals surface area contributed by atoms with Crippen molar-refractivity contribution in [1.82, 2.24) is 0 Å². The predicted molar refractivity (Wildman–Crippen MR) is 110 cm³/mol. The van der Waals surface area contributed by atoms with E-state index in [4.69, 9.17) is 13.9 Å². The van der Waals surface area contributed by atoms with Gasteiger partial charge in [-0.1, -0.05) is 52.7 Å². The van der Waals surface area contributed by atoms with Gasteiger partial charge in [0.05, 0.1) is 6.10 Å². The van der Waals surface area contributed by atoms with Crippen LogP contribution in [0.5, 0.6) is 0 Å². The first-order valence-corrected chi connectivity index (χ1v) is 13.0. The second-order valence-corrected chi connectivity index (χ2v) is 14.1. The molecule has 0 amide bonds. The van der Waals surface area contributed by atoms with Gasteiger partial charge in [-0.05, 0) is 51.2 Å². The van der Waals surface area contributed by atoms with Gasteiger partial charge in [-0.15, -0.1) is 0 Å². The van der Waals surface area contributed by atoms with E-state index in [1.165, 1.54) is 19.3 Å². The lowest BCUT2D eigenvalue weighted by molar-refractivity contribution is -0.155. The summed E-state index contributed by atoms with van der Waals surface area (Å²) in [7, 11) is -1.99. The molecule has 0 radical (unpaired) electrons. The van der Waals surface area contributed by atoms with Crippen molar-refractivity contribution in [2.24, 2.45) is 0 Å². The standard InChI is InChI=1S/C21H40O4Si/c1-9-10-11-12-13-14-15-17(25-26(7,8)20(2,3)4)19-18(16-22)23-21(5,6)24-19/h13-14,16-19H,9-12,15H2,1-8H3/b14-13-/t17-,18-,19-/m1/s1. The molecule has 1 aliphatic rings. The largest absolute Gasteiger partial charge is 0.411 e. The highest BCUT2D eigenvalue weighted by Crippen LogP contribution is 2.40. The van der Waals surface area contributed by atoms with Gasteiger partial charge in [-0.25, -0.2) is 0 Å². The number of aldehydes is 1. The molecule has 1 rings (SSSR count). The molecule has 1 fully saturated rings. The van der Waals surface area contributed by atoms with Gasteiger partial charge < -0.3 is 18.7 Å². The van der Waals surface area contributed by atoms with E-state index in [-0.39, 0.29) is 17.2 Å². The smallest absolute Gasteiger partial charge is 0.192 e. The van der Waals surface area contributed by atoms with Crippen molar-refractivity contribution in [3.8, 4) is 0 Å². The number of carbonyl (C=O) groups excluding carboxylic acids is 1. The third-order valence-corrected chi connectivity index (χ3v) is 9.93. The van der Waals surface area contributed by atoms with Gasteiger partial charge in [-0.2, -0.15) is 0 Å². The predicted octanol–water partition coefficient (Wildman–Crippen LogP) is 5.62. The van der Waals surface area contributed by atoms with Crippen LogP contribution in [0.2, 0.25) is 18.1 Å². The number of unbranched alkanes of at least 4 members (excludes halogenated alkanes) is 3. The molecule has 1 aliphatic heterocycles. The van der Waals surface area contributed by atoms with Crippen molar-refractivity contribution in [3.05, 3.63) is 12.2 Å². The van der Waals surface area contributed by atoms with Gasteiger partial charge in [0.1, 0.15) is 12.2 Å². The van der Waals surface area contributed by atoms with E-state index in [9.17, 15) is 4.79 Å². The molecule has 3 atom stereocenters. The summed E-state index contributed by atoms with van der Waals surface area (Å²) < 4.78 is 18.5. The van der Waals surface area contributed by atoms with E-state index in [2.05, 4.69) is 52.9 Å². The maximum Gasteiger partial charge on any atom is 0.192 e. The van der Waals surface area contributed by atoms with E-state index in [1.54, 1.807) is 0 Å². The third-order valence-electron chi connectivity index (χ3n) is 5.43. The zero-order valence-electron chi connectivity index (χ0n) is 18.1. The van der Waals surface area contributed by atoms with Crippen molar-refractivity contribution in [1.29, 1.82) is 0 Å². The topological polar surface area (TPSA) is 44.8 Å². The van der Waals surface area contributed by atoms with Gasteiger partial charge in [0.25, 0.3) is 0 Å². The van der Waals surface area contributed by atoms with Crippen LogP contribution in [0.15, 0.2) is 12.2 Å². The number of allylic oxidation sites excluding steroid dienone is 1. The second-order valence-electron chi connectivity index (χ2n) is 9.32. The van der Waals surface area contributed by atoms with E-state index in [0.29, 0.717) is 0 Å². The van der Waals surface area contributed by atoms with Crippen molar-refractivity contribution in [2.75, 3.05) is 0 Å². The molecule has 152 valence electrons. The molecular formula is C21H40O4Si. The number of hydrogen-bond acceptors (Lipinski definition) is 4. The van der Waals surface area contributed by atoms with Crippen molar-refractivity contribution in [3.63, 3.8) is 0 Å². The monoisotopic (exact) mass is 384 g/mol. The first-order chi connectivity index (χ1) is 11.9. The molecule has 0 spiro atoms. The maximum absolute atomic E-state index is 11.6. The lowest BCUT2D eigenvalue weighted by Gasteiger charge is -2.40. The lowest BCUT2D eigenvalue weighted by atomic mass is 10.1. The lowest BCUT2D eigenvalue weighted by Crippen LogP contribution is -2.49. The normalized spacial score (nSPS) is 24.9. The summed E-state index contributed by atoms with van der Waals surface area (Å²) in [5, 5.41) is 0.0990. The summed E-state index contributed by atoms with van der Waals surface area (Å²) in [5.74, 6) is -0.754. The minimum atomic E-state index is -1.99. The summed E-state index contributed by atoms with van der Waals surface area (Å²) in [6, 6.07) is 0. The molecular weight excluding hydrogens is 344 g/mol. The molecule has 0 aromatic carbocycles. The Labute approximate surface area is 161 Å². The fraction of sp³-hybridized carbons (Fsp3) is 0.857. The van der Waals surface area contributed by atoms with Crippen LogP contribution in [0.3, 0.4) is 0 Å². The van der Waals surface area contributed by atoms with Crippen LogP contribution in [0.4, 0.5) is 0 Å². The summed E-state index contributed by atoms with van der Waals surface area (Å²) >= 11 is 0. The number of rotatable bonds is 10. The second kappa shape index (κ2) is 9.63. The Hall–Kier alpha value is -0.493. The highest BCUT2D eigenvalue weighted by molar-refractivity contribution is 6.74. The highest BCUT2D eigenvalue weighted by Gasteiger charge is 2.48. The van der Waals surface area contributed by atoms with E-state index in [0.717, 1.165) is 19.1 Å². The molecule has 0 N–H and O–H groups in total. The zero-order valence-corrected chi connectivity index (χ0v) is 19.1. The highest BCUT2D eigenvalue weighted by atomic mass is 28.4. The molecule has 4 nitrogen and oxygen atoms in total. The summed E-state index contributed by atoms with van der Waals surface area (Å²) in [4.78, 5) is 11.6. The number of ether oxygens (including phenoxy) is 2. The van der Waals surface area contributed by atoms with Crippen LogP contribution in [0, 0.1) is 0 Å². The van der Waals surface area contributed by atoms with Crippen LogP contribution in [0.25, 0.3) is 0 Å². The third kappa shape index (κ3) is 6.91. The van der Waals surface area contributed by atoms with Crippen molar-refractivity contribution >= 4 is 14.6 Å². The van der Waals surface area contributed by atoms with Gasteiger partial charge in [-0.3, -0.25) is 0 Å². The number of hydrogen-bond donors (Lipinski definition) is 0. The van der Waals surface area contributed by atoms with Crippen LogP contribution < -0.4 is 0 Å². The minimum absolute atomic E-state index is 0.0990. The average Bonchev–Trinajstić information content (AvgIpc) is 2.83. The Morgan fingerprint density at radius 2 is 1.81 bits per heavy atom. The van der Waals surface area contributed by atoms with Crippen LogP contribution in [-0.2, 0) is 18.7 Å². The Morgan fingerprint density at radius 3 is 2.35 bits per heavy atom. The zero-order chi connectivity index (χ0) is 20.0. The fourth-order valence-corrected chi connectivity index (χ4v) is 4.22. The Balaban J connectivity index is 2.89. The summed E-state index contributed by atoms with van der Waals surface area (Å²) in [6.45, 7) is 17.1. The van der Waals surface area contributed by atoms with Gasteiger partial charge >= 0.3 is 0 Å². The quantitative estimate of drug-likeness (QED) is 0.212. The Kier molecular flexibility index (Phi) is 8.72. The van der Waals surface area contributed by atoms with E-state index >= 15 is 0 Å². The van der Waals surface area contributed by atoms with Gasteiger partial charge in [0, 0.05) is 0 Å². The molecule has 1 heterocycles. The Morgan fingerprint density at radius 1 is 1.15 bits per heavy atom. The SMILES string of the molecule is CCCCC/C=C\C[C@@H](O[Si](C)(C)C(C)(C)C)[C@H]1OC(C)(C)O[C@@H]1C=O. The van der Waals surface area contributed by atoms with Gasteiger partial charge in [0.15, 0.2) is 20.4 Å². The van der Waals surface area contributed by atoms with Crippen LogP contribution >= 0.6 is 0 Å². The van der Waals surface area contributed by atoms with E-state index in [1.807, 2.05) is 13.8 Å². The molecule has 0 saturated carbocycles. The van der Waals surface area contributed by atoms with Crippen molar-refractivity contribution in [2.45, 2.75) is 116 Å². The molecule has 0 bridgehead atoms. The molecule has 5 heteroatoms. The minimum Gasteiger partial charge on any atom is -0.411 e. The summed E-state index contributed by atoms with van der Waals surface area (Å²) in [5.41, 5.74) is 0. The first-order valence-electron chi connectivity index (χ1n) is 10.1. The molecule has 0 aliphatic carbocycles. The molecule has 0 aromatic heterocycles. The average molecular weight is 385 g/mol. The molecule has 0 unspecified atom stereocenters. The molecule has 26 heavy (non-hydrogen) atoms. The molecule has 1 saturated heterocycles. The van der Waals surface area contributed by atoms with Crippen LogP contribution in [0.1, 0.15) is 73.6 Å².